The van der Waals surface area contributed by atoms with Crippen molar-refractivity contribution in [3.8, 4) is 0 Å². The molecule has 0 aliphatic heterocycles. The molecule has 0 aromatic carbocycles. The molecule has 17 heavy (non-hydrogen) atoms. The molecule has 5 heteroatoms. The molecule has 5 nitrogen and oxygen atoms in total. The average molecular weight is 245 g/mol. The van der Waals surface area contributed by atoms with E-state index in [0.717, 1.165) is 25.8 Å². The molecule has 0 heterocycles. The molecule has 2 atom stereocenters. The van der Waals surface area contributed by atoms with Crippen LogP contribution in [0.1, 0.15) is 33.1 Å². The van der Waals surface area contributed by atoms with Gasteiger partial charge in [0.25, 0.3) is 0 Å². The fourth-order valence-electron chi connectivity index (χ4n) is 1.61. The lowest BCUT2D eigenvalue weighted by atomic mass is 10.1. The van der Waals surface area contributed by atoms with Crippen molar-refractivity contribution in [2.75, 3.05) is 26.8 Å². The van der Waals surface area contributed by atoms with E-state index in [9.17, 15) is 4.79 Å². The molecule has 0 aromatic rings. The third-order valence-corrected chi connectivity index (χ3v) is 2.55. The van der Waals surface area contributed by atoms with E-state index in [0.29, 0.717) is 13.2 Å². The molecule has 0 aliphatic rings. The Morgan fingerprint density at radius 2 is 2.18 bits per heavy atom. The van der Waals surface area contributed by atoms with Gasteiger partial charge in [0.05, 0.1) is 12.6 Å². The Balaban J connectivity index is 3.99. The van der Waals surface area contributed by atoms with E-state index in [-0.39, 0.29) is 18.0 Å². The Labute approximate surface area is 104 Å². The standard InChI is InChI=1S/C12H27N3O2/c1-4-8-14-12(16)10(2)15-11(9-17-3)6-5-7-13/h10-11,15H,4-9,13H2,1-3H3,(H,14,16). The zero-order chi connectivity index (χ0) is 13.1. The number of nitrogens with two attached hydrogens (primary N) is 1. The lowest BCUT2D eigenvalue weighted by molar-refractivity contribution is -0.123. The summed E-state index contributed by atoms with van der Waals surface area (Å²) in [5.41, 5.74) is 5.48. The van der Waals surface area contributed by atoms with Gasteiger partial charge in [0.2, 0.25) is 5.91 Å². The number of hydrogen-bond donors (Lipinski definition) is 3. The van der Waals surface area contributed by atoms with Crippen molar-refractivity contribution in [1.29, 1.82) is 0 Å². The molecule has 1 amide bonds. The van der Waals surface area contributed by atoms with Crippen LogP contribution < -0.4 is 16.4 Å². The molecule has 2 unspecified atom stereocenters. The first-order valence-corrected chi connectivity index (χ1v) is 6.38. The lowest BCUT2D eigenvalue weighted by Gasteiger charge is -2.22. The summed E-state index contributed by atoms with van der Waals surface area (Å²) >= 11 is 0. The number of carbonyl (C=O) groups is 1. The van der Waals surface area contributed by atoms with E-state index in [1.54, 1.807) is 7.11 Å². The van der Waals surface area contributed by atoms with Crippen LogP contribution in [0, 0.1) is 0 Å². The van der Waals surface area contributed by atoms with Crippen LogP contribution in [-0.2, 0) is 9.53 Å². The summed E-state index contributed by atoms with van der Waals surface area (Å²) < 4.78 is 5.13. The van der Waals surface area contributed by atoms with E-state index in [4.69, 9.17) is 10.5 Å². The van der Waals surface area contributed by atoms with E-state index < -0.39 is 0 Å². The van der Waals surface area contributed by atoms with Crippen molar-refractivity contribution in [3.63, 3.8) is 0 Å². The molecule has 0 saturated carbocycles. The molecule has 0 rings (SSSR count). The van der Waals surface area contributed by atoms with Crippen LogP contribution in [0.5, 0.6) is 0 Å². The monoisotopic (exact) mass is 245 g/mol. The Kier molecular flexibility index (Phi) is 10.1. The van der Waals surface area contributed by atoms with Crippen LogP contribution in [0.25, 0.3) is 0 Å². The van der Waals surface area contributed by atoms with Crippen LogP contribution >= 0.6 is 0 Å². The average Bonchev–Trinajstić information content (AvgIpc) is 2.33. The molecule has 0 spiro atoms. The van der Waals surface area contributed by atoms with Crippen molar-refractivity contribution in [2.45, 2.75) is 45.2 Å². The largest absolute Gasteiger partial charge is 0.383 e. The Morgan fingerprint density at radius 3 is 2.71 bits per heavy atom. The Morgan fingerprint density at radius 1 is 1.47 bits per heavy atom. The number of rotatable bonds is 10. The minimum absolute atomic E-state index is 0.0423. The fourth-order valence-corrected chi connectivity index (χ4v) is 1.61. The van der Waals surface area contributed by atoms with Crippen molar-refractivity contribution in [3.05, 3.63) is 0 Å². The number of methoxy groups -OCH3 is 1. The van der Waals surface area contributed by atoms with Gasteiger partial charge in [-0.25, -0.2) is 0 Å². The molecule has 4 N–H and O–H groups in total. The molecule has 0 bridgehead atoms. The van der Waals surface area contributed by atoms with Crippen LogP contribution in [0.3, 0.4) is 0 Å². The molecule has 0 aliphatic carbocycles. The highest BCUT2D eigenvalue weighted by Crippen LogP contribution is 1.99. The lowest BCUT2D eigenvalue weighted by Crippen LogP contribution is -2.48. The van der Waals surface area contributed by atoms with Gasteiger partial charge in [-0.2, -0.15) is 0 Å². The number of carbonyl (C=O) groups excluding carboxylic acids is 1. The number of nitrogens with one attached hydrogen (secondary N) is 2. The smallest absolute Gasteiger partial charge is 0.236 e. The third kappa shape index (κ3) is 8.12. The zero-order valence-corrected chi connectivity index (χ0v) is 11.3. The molecule has 0 fully saturated rings. The first-order chi connectivity index (χ1) is 8.15. The van der Waals surface area contributed by atoms with E-state index >= 15 is 0 Å². The predicted octanol–water partition coefficient (Wildman–Crippen LogP) is 0.245. The van der Waals surface area contributed by atoms with Gasteiger partial charge in [0, 0.05) is 19.7 Å². The molecule has 102 valence electrons. The molecule has 0 aromatic heterocycles. The highest BCUT2D eigenvalue weighted by atomic mass is 16.5. The van der Waals surface area contributed by atoms with E-state index in [2.05, 4.69) is 10.6 Å². The minimum atomic E-state index is -0.195. The maximum Gasteiger partial charge on any atom is 0.236 e. The van der Waals surface area contributed by atoms with Crippen LogP contribution in [0.15, 0.2) is 0 Å². The molecular formula is C12H27N3O2. The van der Waals surface area contributed by atoms with Crippen molar-refractivity contribution in [1.82, 2.24) is 10.6 Å². The Hall–Kier alpha value is -0.650. The van der Waals surface area contributed by atoms with Gasteiger partial charge in [-0.15, -0.1) is 0 Å². The van der Waals surface area contributed by atoms with Gasteiger partial charge < -0.3 is 21.1 Å². The van der Waals surface area contributed by atoms with Crippen molar-refractivity contribution in [2.24, 2.45) is 5.73 Å². The first kappa shape index (κ1) is 16.4. The molecule has 0 saturated heterocycles. The maximum atomic E-state index is 11.7. The van der Waals surface area contributed by atoms with Gasteiger partial charge in [0.15, 0.2) is 0 Å². The quantitative estimate of drug-likeness (QED) is 0.515. The summed E-state index contributed by atoms with van der Waals surface area (Å²) in [6.45, 7) is 5.90. The van der Waals surface area contributed by atoms with Gasteiger partial charge in [-0.3, -0.25) is 4.79 Å². The Bertz CT molecular complexity index is 200. The van der Waals surface area contributed by atoms with Crippen LogP contribution in [0.4, 0.5) is 0 Å². The minimum Gasteiger partial charge on any atom is -0.383 e. The molecule has 0 radical (unpaired) electrons. The van der Waals surface area contributed by atoms with Gasteiger partial charge in [0.1, 0.15) is 0 Å². The zero-order valence-electron chi connectivity index (χ0n) is 11.3. The first-order valence-electron chi connectivity index (χ1n) is 6.38. The van der Waals surface area contributed by atoms with Gasteiger partial charge in [-0.1, -0.05) is 6.92 Å². The third-order valence-electron chi connectivity index (χ3n) is 2.55. The van der Waals surface area contributed by atoms with Gasteiger partial charge >= 0.3 is 0 Å². The second kappa shape index (κ2) is 10.5. The summed E-state index contributed by atoms with van der Waals surface area (Å²) in [5.74, 6) is 0.0423. The fraction of sp³-hybridized carbons (Fsp3) is 0.917. The summed E-state index contributed by atoms with van der Waals surface area (Å²) in [4.78, 5) is 11.7. The topological polar surface area (TPSA) is 76.4 Å². The number of ether oxygens (including phenoxy) is 1. The summed E-state index contributed by atoms with van der Waals surface area (Å²) in [7, 11) is 1.67. The normalized spacial score (nSPS) is 14.4. The summed E-state index contributed by atoms with van der Waals surface area (Å²) in [6, 6.07) is -0.00889. The van der Waals surface area contributed by atoms with Crippen molar-refractivity contribution < 1.29 is 9.53 Å². The summed E-state index contributed by atoms with van der Waals surface area (Å²) in [6.07, 6.45) is 2.81. The number of hydrogen-bond acceptors (Lipinski definition) is 4. The number of amides is 1. The highest BCUT2D eigenvalue weighted by molar-refractivity contribution is 5.81. The van der Waals surface area contributed by atoms with Gasteiger partial charge in [-0.05, 0) is 32.7 Å². The van der Waals surface area contributed by atoms with E-state index in [1.165, 1.54) is 0 Å². The van der Waals surface area contributed by atoms with Crippen molar-refractivity contribution >= 4 is 5.91 Å². The second-order valence-corrected chi connectivity index (χ2v) is 4.26. The van der Waals surface area contributed by atoms with Crippen LogP contribution in [-0.4, -0.2) is 44.8 Å². The predicted molar refractivity (Wildman–Crippen MR) is 69.9 cm³/mol. The highest BCUT2D eigenvalue weighted by Gasteiger charge is 2.16. The summed E-state index contributed by atoms with van der Waals surface area (Å²) in [5, 5.41) is 6.14. The SMILES string of the molecule is CCCNC(=O)C(C)NC(CCCN)COC. The van der Waals surface area contributed by atoms with E-state index in [1.807, 2.05) is 13.8 Å². The maximum absolute atomic E-state index is 11.7. The van der Waals surface area contributed by atoms with Crippen LogP contribution in [0.2, 0.25) is 0 Å². The second-order valence-electron chi connectivity index (χ2n) is 4.26. The molecular weight excluding hydrogens is 218 g/mol.